The first-order valence-electron chi connectivity index (χ1n) is 8.54. The third-order valence-electron chi connectivity index (χ3n) is 4.57. The minimum absolute atomic E-state index is 0.306. The van der Waals surface area contributed by atoms with Crippen LogP contribution in [-0.4, -0.2) is 35.3 Å². The maximum atomic E-state index is 5.94. The van der Waals surface area contributed by atoms with Crippen molar-refractivity contribution in [2.75, 3.05) is 20.2 Å². The Balaban J connectivity index is 1.44. The fourth-order valence-electron chi connectivity index (χ4n) is 3.33. The van der Waals surface area contributed by atoms with E-state index < -0.39 is 0 Å². The number of methoxy groups -OCH3 is 1. The van der Waals surface area contributed by atoms with E-state index in [1.54, 1.807) is 18.4 Å². The van der Waals surface area contributed by atoms with Crippen LogP contribution in [0.2, 0.25) is 0 Å². The maximum absolute atomic E-state index is 5.94. The molecular weight excluding hydrogens is 334 g/mol. The van der Waals surface area contributed by atoms with E-state index in [2.05, 4.69) is 27.2 Å². The van der Waals surface area contributed by atoms with E-state index in [-0.39, 0.29) is 0 Å². The number of hydrogen-bond acceptors (Lipinski definition) is 6. The molecule has 1 fully saturated rings. The van der Waals surface area contributed by atoms with Crippen molar-refractivity contribution in [3.8, 4) is 16.5 Å². The molecule has 130 valence electrons. The van der Waals surface area contributed by atoms with E-state index in [1.165, 1.54) is 5.56 Å². The SMILES string of the molecule is COc1cccc(CN2CCC[C@H](c3nnc(-c4cccs4)o3)C2)c1. The van der Waals surface area contributed by atoms with Gasteiger partial charge in [-0.05, 0) is 48.5 Å². The number of likely N-dealkylation sites (tertiary alicyclic amines) is 1. The van der Waals surface area contributed by atoms with Crippen LogP contribution >= 0.6 is 11.3 Å². The summed E-state index contributed by atoms with van der Waals surface area (Å²) < 4.78 is 11.3. The van der Waals surface area contributed by atoms with Gasteiger partial charge in [-0.1, -0.05) is 18.2 Å². The van der Waals surface area contributed by atoms with Crippen molar-refractivity contribution in [1.29, 1.82) is 0 Å². The molecule has 5 nitrogen and oxygen atoms in total. The van der Waals surface area contributed by atoms with Crippen molar-refractivity contribution in [2.45, 2.75) is 25.3 Å². The Bertz CT molecular complexity index is 816. The van der Waals surface area contributed by atoms with Crippen LogP contribution in [0.25, 0.3) is 10.8 Å². The van der Waals surface area contributed by atoms with Crippen molar-refractivity contribution in [1.82, 2.24) is 15.1 Å². The molecule has 1 aromatic carbocycles. The molecule has 25 heavy (non-hydrogen) atoms. The largest absolute Gasteiger partial charge is 0.497 e. The van der Waals surface area contributed by atoms with Gasteiger partial charge in [0.2, 0.25) is 5.89 Å². The Hall–Kier alpha value is -2.18. The molecule has 2 aromatic heterocycles. The third kappa shape index (κ3) is 3.75. The Morgan fingerprint density at radius 2 is 2.24 bits per heavy atom. The van der Waals surface area contributed by atoms with Gasteiger partial charge in [0.15, 0.2) is 0 Å². The normalized spacial score (nSPS) is 18.4. The molecule has 0 unspecified atom stereocenters. The van der Waals surface area contributed by atoms with E-state index in [0.29, 0.717) is 11.8 Å². The van der Waals surface area contributed by atoms with Crippen molar-refractivity contribution >= 4 is 11.3 Å². The van der Waals surface area contributed by atoms with E-state index in [4.69, 9.17) is 9.15 Å². The Morgan fingerprint density at radius 1 is 1.28 bits per heavy atom. The number of aromatic nitrogens is 2. The zero-order valence-corrected chi connectivity index (χ0v) is 15.0. The van der Waals surface area contributed by atoms with Crippen LogP contribution in [0.5, 0.6) is 5.75 Å². The average molecular weight is 355 g/mol. The molecule has 0 aliphatic carbocycles. The topological polar surface area (TPSA) is 51.4 Å². The molecule has 0 bridgehead atoms. The lowest BCUT2D eigenvalue weighted by Gasteiger charge is -2.31. The van der Waals surface area contributed by atoms with E-state index >= 15 is 0 Å². The van der Waals surface area contributed by atoms with Crippen LogP contribution in [0.3, 0.4) is 0 Å². The van der Waals surface area contributed by atoms with Gasteiger partial charge in [-0.15, -0.1) is 21.5 Å². The van der Waals surface area contributed by atoms with Gasteiger partial charge in [0.1, 0.15) is 5.75 Å². The van der Waals surface area contributed by atoms with Crippen LogP contribution in [-0.2, 0) is 6.54 Å². The zero-order chi connectivity index (χ0) is 17.1. The summed E-state index contributed by atoms with van der Waals surface area (Å²) in [6, 6.07) is 12.3. The van der Waals surface area contributed by atoms with Crippen LogP contribution < -0.4 is 4.74 Å². The number of piperidine rings is 1. The standard InChI is InChI=1S/C19H21N3O2S/c1-23-16-7-2-5-14(11-16)12-22-9-3-6-15(13-22)18-20-21-19(24-18)17-8-4-10-25-17/h2,4-5,7-8,10-11,15H,3,6,9,12-13H2,1H3/t15-/m0/s1. The number of rotatable bonds is 5. The number of hydrogen-bond donors (Lipinski definition) is 0. The van der Waals surface area contributed by atoms with Gasteiger partial charge in [0, 0.05) is 13.1 Å². The first-order chi connectivity index (χ1) is 12.3. The second-order valence-corrected chi connectivity index (χ2v) is 7.30. The van der Waals surface area contributed by atoms with Crippen molar-refractivity contribution in [3.63, 3.8) is 0 Å². The molecule has 6 heteroatoms. The van der Waals surface area contributed by atoms with Crippen molar-refractivity contribution < 1.29 is 9.15 Å². The minimum atomic E-state index is 0.306. The molecule has 3 aromatic rings. The zero-order valence-electron chi connectivity index (χ0n) is 14.2. The fourth-order valence-corrected chi connectivity index (χ4v) is 3.97. The highest BCUT2D eigenvalue weighted by atomic mass is 32.1. The lowest BCUT2D eigenvalue weighted by molar-refractivity contribution is 0.186. The molecule has 1 saturated heterocycles. The fraction of sp³-hybridized carbons (Fsp3) is 0.368. The maximum Gasteiger partial charge on any atom is 0.257 e. The molecule has 0 N–H and O–H groups in total. The van der Waals surface area contributed by atoms with Crippen molar-refractivity contribution in [3.05, 3.63) is 53.2 Å². The molecule has 0 saturated carbocycles. The Kier molecular flexibility index (Phi) is 4.81. The molecule has 1 aliphatic heterocycles. The van der Waals surface area contributed by atoms with Gasteiger partial charge in [-0.2, -0.15) is 0 Å². The summed E-state index contributed by atoms with van der Waals surface area (Å²) in [5.74, 6) is 2.61. The predicted molar refractivity (Wildman–Crippen MR) is 97.9 cm³/mol. The second-order valence-electron chi connectivity index (χ2n) is 6.35. The quantitative estimate of drug-likeness (QED) is 0.687. The molecule has 0 amide bonds. The molecule has 0 spiro atoms. The highest BCUT2D eigenvalue weighted by molar-refractivity contribution is 7.13. The van der Waals surface area contributed by atoms with E-state index in [0.717, 1.165) is 49.0 Å². The van der Waals surface area contributed by atoms with E-state index in [1.807, 2.05) is 29.6 Å². The number of nitrogens with zero attached hydrogens (tertiary/aromatic N) is 3. The highest BCUT2D eigenvalue weighted by Crippen LogP contribution is 2.30. The number of benzene rings is 1. The number of thiophene rings is 1. The summed E-state index contributed by atoms with van der Waals surface area (Å²) >= 11 is 1.62. The minimum Gasteiger partial charge on any atom is -0.497 e. The molecule has 4 rings (SSSR count). The van der Waals surface area contributed by atoms with Gasteiger partial charge in [0.05, 0.1) is 17.9 Å². The van der Waals surface area contributed by atoms with Gasteiger partial charge in [-0.3, -0.25) is 4.90 Å². The summed E-state index contributed by atoms with van der Waals surface area (Å²) in [7, 11) is 1.71. The first kappa shape index (κ1) is 16.3. The lowest BCUT2D eigenvalue weighted by Crippen LogP contribution is -2.34. The smallest absolute Gasteiger partial charge is 0.257 e. The monoisotopic (exact) mass is 355 g/mol. The van der Waals surface area contributed by atoms with Crippen molar-refractivity contribution in [2.24, 2.45) is 0 Å². The molecule has 3 heterocycles. The summed E-state index contributed by atoms with van der Waals surface area (Å²) in [6.07, 6.45) is 2.24. The van der Waals surface area contributed by atoms with Gasteiger partial charge >= 0.3 is 0 Å². The van der Waals surface area contributed by atoms with Gasteiger partial charge in [-0.25, -0.2) is 0 Å². The summed E-state index contributed by atoms with van der Waals surface area (Å²) in [5.41, 5.74) is 1.27. The Morgan fingerprint density at radius 3 is 3.08 bits per heavy atom. The van der Waals surface area contributed by atoms with Crippen LogP contribution in [0, 0.1) is 0 Å². The summed E-state index contributed by atoms with van der Waals surface area (Å²) in [5, 5.41) is 10.6. The van der Waals surface area contributed by atoms with Gasteiger partial charge < -0.3 is 9.15 Å². The summed E-state index contributed by atoms with van der Waals surface area (Å²) in [4.78, 5) is 3.49. The second kappa shape index (κ2) is 7.37. The molecular formula is C19H21N3O2S. The van der Waals surface area contributed by atoms with E-state index in [9.17, 15) is 0 Å². The van der Waals surface area contributed by atoms with Crippen LogP contribution in [0.1, 0.15) is 30.2 Å². The summed E-state index contributed by atoms with van der Waals surface area (Å²) in [6.45, 7) is 2.96. The molecule has 1 atom stereocenters. The highest BCUT2D eigenvalue weighted by Gasteiger charge is 2.26. The average Bonchev–Trinajstić information content (AvgIpc) is 3.33. The lowest BCUT2D eigenvalue weighted by atomic mass is 9.97. The number of ether oxygens (including phenoxy) is 1. The van der Waals surface area contributed by atoms with Crippen LogP contribution in [0.4, 0.5) is 0 Å². The predicted octanol–water partition coefficient (Wildman–Crippen LogP) is 4.19. The first-order valence-corrected chi connectivity index (χ1v) is 9.42. The molecule has 0 radical (unpaired) electrons. The van der Waals surface area contributed by atoms with Crippen LogP contribution in [0.15, 0.2) is 46.2 Å². The third-order valence-corrected chi connectivity index (χ3v) is 5.43. The van der Waals surface area contributed by atoms with Gasteiger partial charge in [0.25, 0.3) is 5.89 Å². The Labute approximate surface area is 151 Å². The molecule has 1 aliphatic rings.